The first-order valence-corrected chi connectivity index (χ1v) is 9.35. The van der Waals surface area contributed by atoms with E-state index < -0.39 is 0 Å². The van der Waals surface area contributed by atoms with Crippen molar-refractivity contribution in [1.82, 2.24) is 10.2 Å². The summed E-state index contributed by atoms with van der Waals surface area (Å²) >= 11 is 0. The quantitative estimate of drug-likeness (QED) is 0.673. The van der Waals surface area contributed by atoms with E-state index in [-0.39, 0.29) is 24.3 Å². The molecule has 0 bridgehead atoms. The SMILES string of the molecule is CC(NC(=O)CN(Cc1ccccc1F)C1CC1)c1cc2ccccc2o1. The highest BCUT2D eigenvalue weighted by molar-refractivity contribution is 5.80. The molecular formula is C22H23FN2O2. The summed E-state index contributed by atoms with van der Waals surface area (Å²) in [6, 6.07) is 16.6. The maximum atomic E-state index is 14.0. The predicted octanol–water partition coefficient (Wildman–Crippen LogP) is 4.41. The third kappa shape index (κ3) is 4.19. The summed E-state index contributed by atoms with van der Waals surface area (Å²) in [6.07, 6.45) is 2.11. The lowest BCUT2D eigenvalue weighted by molar-refractivity contribution is -0.123. The van der Waals surface area contributed by atoms with Gasteiger partial charge in [0.25, 0.3) is 0 Å². The van der Waals surface area contributed by atoms with E-state index in [1.54, 1.807) is 12.1 Å². The van der Waals surface area contributed by atoms with Gasteiger partial charge in [0.05, 0.1) is 12.6 Å². The molecule has 0 spiro atoms. The van der Waals surface area contributed by atoms with Gasteiger partial charge in [0.15, 0.2) is 0 Å². The second-order valence-electron chi connectivity index (χ2n) is 7.20. The molecule has 1 aromatic heterocycles. The Balaban J connectivity index is 1.40. The van der Waals surface area contributed by atoms with Crippen LogP contribution in [-0.4, -0.2) is 23.4 Å². The molecule has 0 aliphatic heterocycles. The Morgan fingerprint density at radius 2 is 1.96 bits per heavy atom. The summed E-state index contributed by atoms with van der Waals surface area (Å²) in [4.78, 5) is 14.6. The molecule has 5 heteroatoms. The van der Waals surface area contributed by atoms with Crippen LogP contribution in [0.25, 0.3) is 11.0 Å². The van der Waals surface area contributed by atoms with Gasteiger partial charge in [-0.05, 0) is 38.0 Å². The first-order chi connectivity index (χ1) is 13.1. The van der Waals surface area contributed by atoms with Gasteiger partial charge in [-0.15, -0.1) is 0 Å². The van der Waals surface area contributed by atoms with E-state index in [4.69, 9.17) is 4.42 Å². The van der Waals surface area contributed by atoms with Gasteiger partial charge in [-0.2, -0.15) is 0 Å². The summed E-state index contributed by atoms with van der Waals surface area (Å²) in [6.45, 7) is 2.61. The van der Waals surface area contributed by atoms with Crippen molar-refractivity contribution in [1.29, 1.82) is 0 Å². The molecule has 1 unspecified atom stereocenters. The van der Waals surface area contributed by atoms with Crippen molar-refractivity contribution in [3.8, 4) is 0 Å². The zero-order chi connectivity index (χ0) is 18.8. The summed E-state index contributed by atoms with van der Waals surface area (Å²) in [5, 5.41) is 4.02. The van der Waals surface area contributed by atoms with E-state index in [0.29, 0.717) is 18.2 Å². The monoisotopic (exact) mass is 366 g/mol. The van der Waals surface area contributed by atoms with Crippen LogP contribution in [0.1, 0.15) is 37.1 Å². The van der Waals surface area contributed by atoms with Crippen LogP contribution >= 0.6 is 0 Å². The lowest BCUT2D eigenvalue weighted by Crippen LogP contribution is -2.39. The number of halogens is 1. The molecule has 4 nitrogen and oxygen atoms in total. The Labute approximate surface area is 158 Å². The fraction of sp³-hybridized carbons (Fsp3) is 0.318. The number of nitrogens with one attached hydrogen (secondary N) is 1. The molecule has 1 N–H and O–H groups in total. The molecule has 1 atom stereocenters. The number of carbonyl (C=O) groups excluding carboxylic acids is 1. The van der Waals surface area contributed by atoms with Crippen molar-refractivity contribution in [3.63, 3.8) is 0 Å². The Bertz CT molecular complexity index is 915. The van der Waals surface area contributed by atoms with Crippen LogP contribution < -0.4 is 5.32 Å². The zero-order valence-electron chi connectivity index (χ0n) is 15.3. The largest absolute Gasteiger partial charge is 0.459 e. The molecule has 0 saturated heterocycles. The van der Waals surface area contributed by atoms with Crippen LogP contribution in [0.5, 0.6) is 0 Å². The third-order valence-corrected chi connectivity index (χ3v) is 4.99. The van der Waals surface area contributed by atoms with Gasteiger partial charge in [-0.25, -0.2) is 4.39 Å². The van der Waals surface area contributed by atoms with Crippen molar-refractivity contribution in [2.45, 2.75) is 38.4 Å². The van der Waals surface area contributed by atoms with E-state index in [2.05, 4.69) is 10.2 Å². The summed E-state index contributed by atoms with van der Waals surface area (Å²) in [5.74, 6) is 0.432. The highest BCUT2D eigenvalue weighted by Gasteiger charge is 2.31. The molecule has 2 aromatic carbocycles. The van der Waals surface area contributed by atoms with Crippen LogP contribution in [0.2, 0.25) is 0 Å². The summed E-state index contributed by atoms with van der Waals surface area (Å²) in [7, 11) is 0. The predicted molar refractivity (Wildman–Crippen MR) is 103 cm³/mol. The minimum Gasteiger partial charge on any atom is -0.459 e. The van der Waals surface area contributed by atoms with Crippen LogP contribution in [0, 0.1) is 5.82 Å². The average Bonchev–Trinajstić information content (AvgIpc) is 3.41. The minimum atomic E-state index is -0.223. The highest BCUT2D eigenvalue weighted by Crippen LogP contribution is 2.29. The molecule has 0 radical (unpaired) electrons. The second kappa shape index (κ2) is 7.53. The molecule has 1 saturated carbocycles. The van der Waals surface area contributed by atoms with Crippen molar-refractivity contribution in [2.24, 2.45) is 0 Å². The van der Waals surface area contributed by atoms with E-state index in [1.807, 2.05) is 43.3 Å². The molecule has 1 fully saturated rings. The molecule has 140 valence electrons. The summed E-state index contributed by atoms with van der Waals surface area (Å²) in [5.41, 5.74) is 1.44. The molecule has 1 aliphatic rings. The minimum absolute atomic E-state index is 0.0776. The number of rotatable bonds is 7. The van der Waals surface area contributed by atoms with E-state index in [0.717, 1.165) is 29.6 Å². The number of hydrogen-bond acceptors (Lipinski definition) is 3. The number of para-hydroxylation sites is 1. The maximum absolute atomic E-state index is 14.0. The van der Waals surface area contributed by atoms with Crippen LogP contribution in [-0.2, 0) is 11.3 Å². The topological polar surface area (TPSA) is 45.5 Å². The molecule has 1 aliphatic carbocycles. The average molecular weight is 366 g/mol. The fourth-order valence-corrected chi connectivity index (χ4v) is 3.36. The lowest BCUT2D eigenvalue weighted by atomic mass is 10.2. The lowest BCUT2D eigenvalue weighted by Gasteiger charge is -2.22. The van der Waals surface area contributed by atoms with Gasteiger partial charge in [-0.3, -0.25) is 9.69 Å². The van der Waals surface area contributed by atoms with Gasteiger partial charge in [0.1, 0.15) is 17.2 Å². The van der Waals surface area contributed by atoms with Crippen molar-refractivity contribution in [3.05, 3.63) is 71.7 Å². The Hall–Kier alpha value is -2.66. The molecule has 1 heterocycles. The van der Waals surface area contributed by atoms with Crippen LogP contribution in [0.15, 0.2) is 59.0 Å². The van der Waals surface area contributed by atoms with Crippen molar-refractivity contribution in [2.75, 3.05) is 6.54 Å². The fourth-order valence-electron chi connectivity index (χ4n) is 3.36. The number of carbonyl (C=O) groups is 1. The third-order valence-electron chi connectivity index (χ3n) is 4.99. The number of amides is 1. The van der Waals surface area contributed by atoms with E-state index in [9.17, 15) is 9.18 Å². The highest BCUT2D eigenvalue weighted by atomic mass is 19.1. The number of benzene rings is 2. The van der Waals surface area contributed by atoms with Gasteiger partial charge >= 0.3 is 0 Å². The van der Waals surface area contributed by atoms with E-state index >= 15 is 0 Å². The first-order valence-electron chi connectivity index (χ1n) is 9.35. The number of fused-ring (bicyclic) bond motifs is 1. The Kier molecular flexibility index (Phi) is 4.94. The van der Waals surface area contributed by atoms with Gasteiger partial charge in [0.2, 0.25) is 5.91 Å². The molecule has 4 rings (SSSR count). The molecule has 1 amide bonds. The maximum Gasteiger partial charge on any atom is 0.234 e. The van der Waals surface area contributed by atoms with Gasteiger partial charge in [0, 0.05) is 23.5 Å². The number of nitrogens with zero attached hydrogens (tertiary/aromatic N) is 1. The van der Waals surface area contributed by atoms with Gasteiger partial charge < -0.3 is 9.73 Å². The molecular weight excluding hydrogens is 343 g/mol. The Morgan fingerprint density at radius 1 is 1.22 bits per heavy atom. The number of furan rings is 1. The Morgan fingerprint density at radius 3 is 2.70 bits per heavy atom. The second-order valence-corrected chi connectivity index (χ2v) is 7.20. The first kappa shape index (κ1) is 17.7. The van der Waals surface area contributed by atoms with Crippen molar-refractivity contribution >= 4 is 16.9 Å². The van der Waals surface area contributed by atoms with Crippen LogP contribution in [0.4, 0.5) is 4.39 Å². The zero-order valence-corrected chi connectivity index (χ0v) is 15.3. The van der Waals surface area contributed by atoms with Gasteiger partial charge in [-0.1, -0.05) is 36.4 Å². The van der Waals surface area contributed by atoms with Crippen LogP contribution in [0.3, 0.4) is 0 Å². The normalized spacial score (nSPS) is 15.2. The molecule has 27 heavy (non-hydrogen) atoms. The number of hydrogen-bond donors (Lipinski definition) is 1. The van der Waals surface area contributed by atoms with Crippen molar-refractivity contribution < 1.29 is 13.6 Å². The smallest absolute Gasteiger partial charge is 0.234 e. The standard InChI is InChI=1S/C22H23FN2O2/c1-15(21-12-16-6-3-5-9-20(16)27-21)24-22(26)14-25(18-10-11-18)13-17-7-2-4-8-19(17)23/h2-9,12,15,18H,10-11,13-14H2,1H3,(H,24,26). The molecule has 3 aromatic rings. The summed E-state index contributed by atoms with van der Waals surface area (Å²) < 4.78 is 19.8. The van der Waals surface area contributed by atoms with E-state index in [1.165, 1.54) is 6.07 Å².